The number of hydrogen-bond acceptors (Lipinski definition) is 9. The van der Waals surface area contributed by atoms with Crippen molar-refractivity contribution < 1.29 is 14.4 Å². The molecule has 1 aliphatic heterocycles. The maximum atomic E-state index is 11.6. The number of anilines is 1. The lowest BCUT2D eigenvalue weighted by atomic mass is 10.1. The van der Waals surface area contributed by atoms with Gasteiger partial charge in [-0.3, -0.25) is 14.4 Å². The lowest BCUT2D eigenvalue weighted by Crippen LogP contribution is -2.31. The van der Waals surface area contributed by atoms with E-state index in [9.17, 15) is 14.4 Å². The van der Waals surface area contributed by atoms with Crippen LogP contribution in [-0.2, 0) is 16.1 Å². The molecule has 4 heterocycles. The Morgan fingerprint density at radius 2 is 1.86 bits per heavy atom. The summed E-state index contributed by atoms with van der Waals surface area (Å²) in [5.74, 6) is 3.32. The minimum atomic E-state index is -0.632. The van der Waals surface area contributed by atoms with Crippen LogP contribution < -0.4 is 11.1 Å². The molecule has 3 unspecified atom stereocenters. The number of likely N-dealkylation sites (N-methyl/N-ethyl adjacent to an activating group) is 1. The fourth-order valence-corrected chi connectivity index (χ4v) is 5.73. The van der Waals surface area contributed by atoms with Crippen molar-refractivity contribution in [2.75, 3.05) is 26.0 Å². The molecule has 2 aliphatic rings. The second-order valence-electron chi connectivity index (χ2n) is 10.5. The van der Waals surface area contributed by atoms with Crippen LogP contribution in [-0.4, -0.2) is 74.8 Å². The van der Waals surface area contributed by atoms with E-state index in [1.807, 2.05) is 46.1 Å². The molecular formula is C30H35BrN8O3. The number of nitrogens with two attached hydrogens (primary N) is 1. The third kappa shape index (κ3) is 6.71. The number of hydrogen-bond donors (Lipinski definition) is 2. The Bertz CT molecular complexity index is 1590. The molecule has 1 aromatic carbocycles. The topological polar surface area (TPSA) is 149 Å². The van der Waals surface area contributed by atoms with E-state index in [1.54, 1.807) is 24.5 Å². The predicted molar refractivity (Wildman–Crippen MR) is 165 cm³/mol. The first-order chi connectivity index (χ1) is 20.1. The molecule has 3 aromatic heterocycles. The zero-order valence-corrected chi connectivity index (χ0v) is 25.9. The largest absolute Gasteiger partial charge is 0.373 e. The fourth-order valence-electron chi connectivity index (χ4n) is 5.42. The van der Waals surface area contributed by atoms with Gasteiger partial charge in [0.1, 0.15) is 28.8 Å². The monoisotopic (exact) mass is 634 g/mol. The van der Waals surface area contributed by atoms with Crippen molar-refractivity contribution in [2.45, 2.75) is 33.4 Å². The summed E-state index contributed by atoms with van der Waals surface area (Å²) in [5.41, 5.74) is 9.02. The van der Waals surface area contributed by atoms with Crippen LogP contribution in [0.5, 0.6) is 0 Å². The Morgan fingerprint density at radius 3 is 2.40 bits per heavy atom. The molecule has 11 nitrogen and oxygen atoms in total. The van der Waals surface area contributed by atoms with Gasteiger partial charge in [0.05, 0.1) is 18.1 Å². The van der Waals surface area contributed by atoms with Crippen LogP contribution in [0.1, 0.15) is 28.8 Å². The molecule has 1 aliphatic carbocycles. The maximum absolute atomic E-state index is 11.6. The van der Waals surface area contributed by atoms with E-state index in [-0.39, 0.29) is 18.3 Å². The van der Waals surface area contributed by atoms with E-state index in [2.05, 4.69) is 53.1 Å². The number of fused-ring (bicyclic) bond motifs is 2. The van der Waals surface area contributed by atoms with Crippen LogP contribution >= 0.6 is 15.9 Å². The molecule has 4 aromatic rings. The molecule has 12 heteroatoms. The number of carbonyl (C=O) groups is 3. The third-order valence-corrected chi connectivity index (χ3v) is 8.26. The number of primary amides is 1. The second kappa shape index (κ2) is 13.3. The molecule has 6 rings (SSSR count). The van der Waals surface area contributed by atoms with Gasteiger partial charge < -0.3 is 20.6 Å². The SMILES string of the molecule is CNc1nc(Br)ccc1C.C[C@@H]1C2CN(C)C(C=O)C21.Cc1ncc(-c2ccc3c(c2)c(C(N)=O)nn3CC=O)cn1. The number of aldehydes is 2. The van der Waals surface area contributed by atoms with Crippen molar-refractivity contribution in [3.05, 3.63) is 64.4 Å². The van der Waals surface area contributed by atoms with Crippen molar-refractivity contribution in [1.82, 2.24) is 29.6 Å². The van der Waals surface area contributed by atoms with Crippen LogP contribution in [0.25, 0.3) is 22.0 Å². The number of carbonyl (C=O) groups excluding carboxylic acids is 3. The number of halogens is 1. The number of likely N-dealkylation sites (tertiary alicyclic amines) is 1. The summed E-state index contributed by atoms with van der Waals surface area (Å²) >= 11 is 3.29. The molecular weight excluding hydrogens is 600 g/mol. The molecule has 1 saturated carbocycles. The fraction of sp³-hybridized carbons (Fsp3) is 0.367. The van der Waals surface area contributed by atoms with Gasteiger partial charge in [0.2, 0.25) is 0 Å². The first-order valence-electron chi connectivity index (χ1n) is 13.6. The summed E-state index contributed by atoms with van der Waals surface area (Å²) in [6.07, 6.45) is 5.25. The molecule has 1 amide bonds. The van der Waals surface area contributed by atoms with Crippen molar-refractivity contribution in [2.24, 2.45) is 23.5 Å². The number of benzene rings is 1. The van der Waals surface area contributed by atoms with Crippen molar-refractivity contribution in [3.8, 4) is 11.1 Å². The smallest absolute Gasteiger partial charge is 0.269 e. The van der Waals surface area contributed by atoms with Crippen LogP contribution in [0.2, 0.25) is 0 Å². The van der Waals surface area contributed by atoms with Crippen molar-refractivity contribution >= 4 is 51.1 Å². The highest BCUT2D eigenvalue weighted by molar-refractivity contribution is 9.10. The second-order valence-corrected chi connectivity index (χ2v) is 11.3. The summed E-state index contributed by atoms with van der Waals surface area (Å²) in [7, 11) is 3.90. The highest BCUT2D eigenvalue weighted by Crippen LogP contribution is 2.53. The lowest BCUT2D eigenvalue weighted by molar-refractivity contribution is -0.112. The molecule has 0 bridgehead atoms. The standard InChI is InChI=1S/C15H13N5O2.C8H13NO.C7H9BrN2/c1-9-17-7-11(8-18-9)10-2-3-13-12(6-10)14(15(16)22)19-20(13)4-5-21;1-5-6-3-9(2)7(4-10)8(5)6;1-5-3-4-6(8)10-7(5)9-2/h2-3,5-8H,4H2,1H3,(H2,16,22);4-8H,3H2,1-2H3;3-4H,1-2H3,(H,9,10)/t;5-,6?,7?,8?;/m.1./s1. The van der Waals surface area contributed by atoms with Gasteiger partial charge in [0.15, 0.2) is 5.69 Å². The van der Waals surface area contributed by atoms with Gasteiger partial charge in [-0.25, -0.2) is 15.0 Å². The van der Waals surface area contributed by atoms with Gasteiger partial charge in [0.25, 0.3) is 5.91 Å². The average molecular weight is 636 g/mol. The number of aryl methyl sites for hydroxylation is 2. The molecule has 3 N–H and O–H groups in total. The van der Waals surface area contributed by atoms with Crippen molar-refractivity contribution in [3.63, 3.8) is 0 Å². The van der Waals surface area contributed by atoms with Gasteiger partial charge in [-0.15, -0.1) is 0 Å². The summed E-state index contributed by atoms with van der Waals surface area (Å²) in [4.78, 5) is 47.5. The minimum absolute atomic E-state index is 0.0662. The highest BCUT2D eigenvalue weighted by atomic mass is 79.9. The summed E-state index contributed by atoms with van der Waals surface area (Å²) in [6.45, 7) is 7.28. The average Bonchev–Trinajstić information content (AvgIpc) is 3.29. The van der Waals surface area contributed by atoms with E-state index in [0.29, 0.717) is 22.6 Å². The molecule has 2 fully saturated rings. The van der Waals surface area contributed by atoms with Gasteiger partial charge in [0, 0.05) is 36.9 Å². The van der Waals surface area contributed by atoms with E-state index >= 15 is 0 Å². The molecule has 220 valence electrons. The highest BCUT2D eigenvalue weighted by Gasteiger charge is 2.57. The quantitative estimate of drug-likeness (QED) is 0.239. The number of rotatable bonds is 6. The Hall–Kier alpha value is -4.03. The summed E-state index contributed by atoms with van der Waals surface area (Å²) in [6, 6.07) is 9.65. The van der Waals surface area contributed by atoms with E-state index in [4.69, 9.17) is 5.73 Å². The summed E-state index contributed by atoms with van der Waals surface area (Å²) < 4.78 is 2.32. The van der Waals surface area contributed by atoms with Gasteiger partial charge in [-0.2, -0.15) is 5.10 Å². The predicted octanol–water partition coefficient (Wildman–Crippen LogP) is 3.68. The first-order valence-corrected chi connectivity index (χ1v) is 14.4. The zero-order valence-electron chi connectivity index (χ0n) is 24.3. The molecule has 0 spiro atoms. The number of pyridine rings is 1. The number of nitrogens with one attached hydrogen (secondary N) is 1. The minimum Gasteiger partial charge on any atom is -0.373 e. The Labute approximate surface area is 253 Å². The number of nitrogens with zero attached hydrogens (tertiary/aromatic N) is 6. The Balaban J connectivity index is 0.000000167. The summed E-state index contributed by atoms with van der Waals surface area (Å²) in [5, 5.41) is 7.71. The molecule has 0 radical (unpaired) electrons. The number of piperidine rings is 1. The van der Waals surface area contributed by atoms with Crippen molar-refractivity contribution in [1.29, 1.82) is 0 Å². The van der Waals surface area contributed by atoms with E-state index < -0.39 is 5.91 Å². The van der Waals surface area contributed by atoms with Gasteiger partial charge in [-0.1, -0.05) is 19.1 Å². The Morgan fingerprint density at radius 1 is 1.14 bits per heavy atom. The van der Waals surface area contributed by atoms with Crippen LogP contribution in [0.4, 0.5) is 5.82 Å². The van der Waals surface area contributed by atoms with Gasteiger partial charge in [-0.05, 0) is 83.9 Å². The zero-order chi connectivity index (χ0) is 30.6. The first kappa shape index (κ1) is 30.9. The third-order valence-electron chi connectivity index (χ3n) is 7.82. The van der Waals surface area contributed by atoms with Crippen LogP contribution in [0, 0.1) is 31.6 Å². The normalized spacial score (nSPS) is 20.4. The molecule has 42 heavy (non-hydrogen) atoms. The molecule has 4 atom stereocenters. The van der Waals surface area contributed by atoms with E-state index in [1.165, 1.54) is 4.68 Å². The number of amides is 1. The van der Waals surface area contributed by atoms with E-state index in [0.717, 1.165) is 58.1 Å². The number of aromatic nitrogens is 5. The van der Waals surface area contributed by atoms with Crippen LogP contribution in [0.3, 0.4) is 0 Å². The maximum Gasteiger partial charge on any atom is 0.269 e. The van der Waals surface area contributed by atoms with Gasteiger partial charge >= 0.3 is 0 Å². The Kier molecular flexibility index (Phi) is 9.79. The molecule has 1 saturated heterocycles. The lowest BCUT2D eigenvalue weighted by Gasteiger charge is -2.17. The van der Waals surface area contributed by atoms with Crippen LogP contribution in [0.15, 0.2) is 47.3 Å².